The molecule has 6 nitrogen and oxygen atoms in total. The molecular weight excluding hydrogens is 388 g/mol. The zero-order valence-corrected chi connectivity index (χ0v) is 18.8. The van der Waals surface area contributed by atoms with Crippen LogP contribution >= 0.6 is 0 Å². The molecule has 1 atom stereocenters. The Hall–Kier alpha value is -2.54. The van der Waals surface area contributed by atoms with Gasteiger partial charge in [0, 0.05) is 0 Å². The molecule has 0 spiro atoms. The molecule has 0 aliphatic heterocycles. The van der Waals surface area contributed by atoms with Crippen molar-refractivity contribution in [1.82, 2.24) is 5.32 Å². The van der Waals surface area contributed by atoms with Gasteiger partial charge in [0.2, 0.25) is 15.9 Å². The Morgan fingerprint density at radius 2 is 1.83 bits per heavy atom. The molecule has 0 radical (unpaired) electrons. The Balaban J connectivity index is 2.25. The minimum Gasteiger partial charge on any atom is -0.496 e. The van der Waals surface area contributed by atoms with Gasteiger partial charge >= 0.3 is 0 Å². The molecule has 0 aliphatic carbocycles. The van der Waals surface area contributed by atoms with Crippen LogP contribution in [-0.4, -0.2) is 34.2 Å². The van der Waals surface area contributed by atoms with Gasteiger partial charge in [-0.05, 0) is 61.6 Å². The second-order valence-electron chi connectivity index (χ2n) is 7.25. The van der Waals surface area contributed by atoms with Crippen LogP contribution < -0.4 is 14.4 Å². The van der Waals surface area contributed by atoms with Crippen LogP contribution in [0.15, 0.2) is 36.4 Å². The third-order valence-electron chi connectivity index (χ3n) is 5.10. The number of amides is 1. The predicted octanol–water partition coefficient (Wildman–Crippen LogP) is 3.65. The van der Waals surface area contributed by atoms with Crippen molar-refractivity contribution in [1.29, 1.82) is 0 Å². The van der Waals surface area contributed by atoms with Crippen LogP contribution in [0.2, 0.25) is 0 Å². The fourth-order valence-electron chi connectivity index (χ4n) is 3.30. The fourth-order valence-corrected chi connectivity index (χ4v) is 4.20. The van der Waals surface area contributed by atoms with Gasteiger partial charge in [-0.15, -0.1) is 0 Å². The van der Waals surface area contributed by atoms with Crippen LogP contribution in [0.1, 0.15) is 41.6 Å². The summed E-state index contributed by atoms with van der Waals surface area (Å²) in [6, 6.07) is 11.0. The SMILES string of the molecule is CCC(NC(=O)CN(c1cccc(C)c1C)S(C)(=O)=O)c1ccc(OC)c(C)c1. The highest BCUT2D eigenvalue weighted by molar-refractivity contribution is 7.92. The molecule has 2 aromatic carbocycles. The normalized spacial score (nSPS) is 12.3. The van der Waals surface area contributed by atoms with E-state index in [4.69, 9.17) is 4.74 Å². The molecule has 1 unspecified atom stereocenters. The van der Waals surface area contributed by atoms with Gasteiger partial charge in [-0.3, -0.25) is 9.10 Å². The van der Waals surface area contributed by atoms with Crippen molar-refractivity contribution in [3.63, 3.8) is 0 Å². The number of hydrogen-bond donors (Lipinski definition) is 1. The van der Waals surface area contributed by atoms with Gasteiger partial charge in [-0.2, -0.15) is 0 Å². The third kappa shape index (κ3) is 5.50. The standard InChI is InChI=1S/C22H30N2O4S/c1-7-19(18-11-12-21(28-5)16(3)13-18)23-22(25)14-24(29(6,26)27)20-10-8-9-15(2)17(20)4/h8-13,19H,7,14H2,1-6H3,(H,23,25). The summed E-state index contributed by atoms with van der Waals surface area (Å²) >= 11 is 0. The lowest BCUT2D eigenvalue weighted by Crippen LogP contribution is -2.41. The monoisotopic (exact) mass is 418 g/mol. The zero-order valence-electron chi connectivity index (χ0n) is 17.9. The van der Waals surface area contributed by atoms with E-state index in [2.05, 4.69) is 5.32 Å². The van der Waals surface area contributed by atoms with E-state index in [0.29, 0.717) is 12.1 Å². The first-order chi connectivity index (χ1) is 13.6. The molecular formula is C22H30N2O4S. The molecule has 2 aromatic rings. The quantitative estimate of drug-likeness (QED) is 0.710. The number of nitrogens with one attached hydrogen (secondary N) is 1. The van der Waals surface area contributed by atoms with Crippen molar-refractivity contribution >= 4 is 21.6 Å². The van der Waals surface area contributed by atoms with Gasteiger partial charge in [0.05, 0.1) is 25.1 Å². The van der Waals surface area contributed by atoms with E-state index in [1.165, 1.54) is 0 Å². The van der Waals surface area contributed by atoms with Crippen molar-refractivity contribution in [2.45, 2.75) is 40.2 Å². The Labute approximate surface area is 173 Å². The molecule has 158 valence electrons. The van der Waals surface area contributed by atoms with Gasteiger partial charge in [0.25, 0.3) is 0 Å². The van der Waals surface area contributed by atoms with E-state index in [1.54, 1.807) is 19.2 Å². The molecule has 29 heavy (non-hydrogen) atoms. The largest absolute Gasteiger partial charge is 0.496 e. The number of anilines is 1. The molecule has 1 N–H and O–H groups in total. The van der Waals surface area contributed by atoms with E-state index in [9.17, 15) is 13.2 Å². The highest BCUT2D eigenvalue weighted by atomic mass is 32.2. The van der Waals surface area contributed by atoms with E-state index in [1.807, 2.05) is 52.0 Å². The van der Waals surface area contributed by atoms with Gasteiger partial charge in [-0.25, -0.2) is 8.42 Å². The van der Waals surface area contributed by atoms with Crippen LogP contribution in [0, 0.1) is 20.8 Å². The van der Waals surface area contributed by atoms with E-state index < -0.39 is 10.0 Å². The lowest BCUT2D eigenvalue weighted by Gasteiger charge is -2.26. The van der Waals surface area contributed by atoms with Crippen LogP contribution in [0.4, 0.5) is 5.69 Å². The summed E-state index contributed by atoms with van der Waals surface area (Å²) in [5, 5.41) is 2.97. The summed E-state index contributed by atoms with van der Waals surface area (Å²) in [5.41, 5.74) is 4.26. The molecule has 0 saturated heterocycles. The Morgan fingerprint density at radius 1 is 1.14 bits per heavy atom. The molecule has 7 heteroatoms. The molecule has 2 rings (SSSR count). The first kappa shape index (κ1) is 22.7. The fraction of sp³-hybridized carbons (Fsp3) is 0.409. The molecule has 0 heterocycles. The van der Waals surface area contributed by atoms with Crippen LogP contribution in [0.25, 0.3) is 0 Å². The Bertz CT molecular complexity index is 986. The average molecular weight is 419 g/mol. The number of hydrogen-bond acceptors (Lipinski definition) is 4. The number of rotatable bonds is 8. The molecule has 0 fully saturated rings. The lowest BCUT2D eigenvalue weighted by molar-refractivity contribution is -0.120. The molecule has 0 bridgehead atoms. The van der Waals surface area contributed by atoms with Crippen LogP contribution in [0.3, 0.4) is 0 Å². The number of benzene rings is 2. The van der Waals surface area contributed by atoms with Crippen molar-refractivity contribution < 1.29 is 17.9 Å². The lowest BCUT2D eigenvalue weighted by atomic mass is 10.0. The van der Waals surface area contributed by atoms with Crippen molar-refractivity contribution in [3.05, 3.63) is 58.7 Å². The van der Waals surface area contributed by atoms with Crippen LogP contribution in [0.5, 0.6) is 5.75 Å². The smallest absolute Gasteiger partial charge is 0.241 e. The second kappa shape index (κ2) is 9.31. The average Bonchev–Trinajstić information content (AvgIpc) is 2.65. The minimum absolute atomic E-state index is 0.216. The predicted molar refractivity (Wildman–Crippen MR) is 117 cm³/mol. The number of sulfonamides is 1. The molecule has 1 amide bonds. The number of carbonyl (C=O) groups is 1. The number of carbonyl (C=O) groups excluding carboxylic acids is 1. The summed E-state index contributed by atoms with van der Waals surface area (Å²) in [7, 11) is -2.00. The number of aryl methyl sites for hydroxylation is 2. The Morgan fingerprint density at radius 3 is 2.38 bits per heavy atom. The summed E-state index contributed by atoms with van der Waals surface area (Å²) in [6.07, 6.45) is 1.80. The van der Waals surface area contributed by atoms with Crippen molar-refractivity contribution in [2.24, 2.45) is 0 Å². The number of ether oxygens (including phenoxy) is 1. The van der Waals surface area contributed by atoms with Gasteiger partial charge in [0.1, 0.15) is 12.3 Å². The summed E-state index contributed by atoms with van der Waals surface area (Å²) in [4.78, 5) is 12.8. The summed E-state index contributed by atoms with van der Waals surface area (Å²) in [5.74, 6) is 0.435. The summed E-state index contributed by atoms with van der Waals surface area (Å²) < 4.78 is 31.3. The Kier molecular flexibility index (Phi) is 7.30. The second-order valence-corrected chi connectivity index (χ2v) is 9.15. The minimum atomic E-state index is -3.62. The first-order valence-corrected chi connectivity index (χ1v) is 11.4. The van der Waals surface area contributed by atoms with Gasteiger partial charge in [0.15, 0.2) is 0 Å². The third-order valence-corrected chi connectivity index (χ3v) is 6.22. The zero-order chi connectivity index (χ0) is 21.8. The first-order valence-electron chi connectivity index (χ1n) is 9.56. The maximum atomic E-state index is 12.8. The topological polar surface area (TPSA) is 75.7 Å². The number of nitrogens with zero attached hydrogens (tertiary/aromatic N) is 1. The van der Waals surface area contributed by atoms with E-state index >= 15 is 0 Å². The molecule has 0 aromatic heterocycles. The number of methoxy groups -OCH3 is 1. The highest BCUT2D eigenvalue weighted by Crippen LogP contribution is 2.26. The van der Waals surface area contributed by atoms with Crippen molar-refractivity contribution in [3.8, 4) is 5.75 Å². The van der Waals surface area contributed by atoms with Crippen molar-refractivity contribution in [2.75, 3.05) is 24.2 Å². The van der Waals surface area contributed by atoms with Gasteiger partial charge < -0.3 is 10.1 Å². The van der Waals surface area contributed by atoms with E-state index in [0.717, 1.165) is 38.6 Å². The summed E-state index contributed by atoms with van der Waals surface area (Å²) in [6.45, 7) is 7.43. The van der Waals surface area contributed by atoms with Gasteiger partial charge in [-0.1, -0.05) is 31.2 Å². The van der Waals surface area contributed by atoms with Crippen LogP contribution in [-0.2, 0) is 14.8 Å². The molecule has 0 saturated carbocycles. The maximum Gasteiger partial charge on any atom is 0.241 e. The maximum absolute atomic E-state index is 12.8. The molecule has 0 aliphatic rings. The van der Waals surface area contributed by atoms with E-state index in [-0.39, 0.29) is 18.5 Å². The highest BCUT2D eigenvalue weighted by Gasteiger charge is 2.24.